The van der Waals surface area contributed by atoms with Crippen LogP contribution in [0.3, 0.4) is 0 Å². The van der Waals surface area contributed by atoms with Crippen LogP contribution in [0.2, 0.25) is 0 Å². The minimum atomic E-state index is 0.302. The van der Waals surface area contributed by atoms with Gasteiger partial charge >= 0.3 is 0 Å². The molecule has 3 heteroatoms. The molecule has 23 heavy (non-hydrogen) atoms. The normalized spacial score (nSPS) is 29.5. The smallest absolute Gasteiger partial charge is 0.226 e. The van der Waals surface area contributed by atoms with Gasteiger partial charge in [-0.2, -0.15) is 0 Å². The summed E-state index contributed by atoms with van der Waals surface area (Å²) in [6.45, 7) is 5.25. The van der Waals surface area contributed by atoms with Crippen LogP contribution in [0.5, 0.6) is 0 Å². The van der Waals surface area contributed by atoms with Gasteiger partial charge in [-0.3, -0.25) is 4.79 Å². The number of aryl methyl sites for hydroxylation is 1. The molecule has 2 saturated heterocycles. The molecule has 0 bridgehead atoms. The fourth-order valence-corrected chi connectivity index (χ4v) is 4.70. The van der Waals surface area contributed by atoms with Crippen molar-refractivity contribution in [1.29, 1.82) is 0 Å². The minimum Gasteiger partial charge on any atom is -0.335 e. The standard InChI is InChI=1S/C20H28N2O/c1-15-5-7-16(8-6-15)18-4-2-3-13-22(18)19(23)17-14-20(17)9-11-21-12-10-20/h5-8,17-18,21H,2-4,9-14H2,1H3. The van der Waals surface area contributed by atoms with Crippen LogP contribution in [0.1, 0.15) is 55.7 Å². The number of nitrogens with one attached hydrogen (secondary N) is 1. The Balaban J connectivity index is 1.51. The molecule has 2 atom stereocenters. The maximum absolute atomic E-state index is 13.2. The van der Waals surface area contributed by atoms with Gasteiger partial charge in [-0.25, -0.2) is 0 Å². The summed E-state index contributed by atoms with van der Waals surface area (Å²) in [6.07, 6.45) is 7.02. The fourth-order valence-electron chi connectivity index (χ4n) is 4.70. The van der Waals surface area contributed by atoms with Crippen LogP contribution in [-0.4, -0.2) is 30.4 Å². The Morgan fingerprint density at radius 3 is 2.65 bits per heavy atom. The second kappa shape index (κ2) is 5.94. The lowest BCUT2D eigenvalue weighted by Gasteiger charge is -2.37. The van der Waals surface area contributed by atoms with E-state index in [2.05, 4.69) is 41.4 Å². The largest absolute Gasteiger partial charge is 0.335 e. The first-order valence-corrected chi connectivity index (χ1v) is 9.27. The Kier molecular flexibility index (Phi) is 3.92. The molecule has 0 radical (unpaired) electrons. The Hall–Kier alpha value is -1.35. The van der Waals surface area contributed by atoms with Gasteiger partial charge in [0, 0.05) is 12.5 Å². The van der Waals surface area contributed by atoms with Crippen LogP contribution < -0.4 is 5.32 Å². The Morgan fingerprint density at radius 2 is 1.91 bits per heavy atom. The van der Waals surface area contributed by atoms with E-state index in [9.17, 15) is 4.79 Å². The van der Waals surface area contributed by atoms with Gasteiger partial charge in [0.15, 0.2) is 0 Å². The van der Waals surface area contributed by atoms with Crippen molar-refractivity contribution in [2.24, 2.45) is 11.3 Å². The number of carbonyl (C=O) groups is 1. The van der Waals surface area contributed by atoms with Crippen molar-refractivity contribution in [3.8, 4) is 0 Å². The third-order valence-corrected chi connectivity index (χ3v) is 6.34. The van der Waals surface area contributed by atoms with Gasteiger partial charge < -0.3 is 10.2 Å². The number of hydrogen-bond acceptors (Lipinski definition) is 2. The maximum atomic E-state index is 13.2. The average Bonchev–Trinajstić information content (AvgIpc) is 3.28. The van der Waals surface area contributed by atoms with E-state index in [0.29, 0.717) is 23.3 Å². The Labute approximate surface area is 139 Å². The van der Waals surface area contributed by atoms with Crippen LogP contribution in [-0.2, 0) is 4.79 Å². The quantitative estimate of drug-likeness (QED) is 0.907. The van der Waals surface area contributed by atoms with Crippen LogP contribution in [0.15, 0.2) is 24.3 Å². The predicted octanol–water partition coefficient (Wildman–Crippen LogP) is 3.44. The van der Waals surface area contributed by atoms with Crippen LogP contribution >= 0.6 is 0 Å². The monoisotopic (exact) mass is 312 g/mol. The Bertz CT molecular complexity index is 574. The van der Waals surface area contributed by atoms with Crippen molar-refractivity contribution in [3.05, 3.63) is 35.4 Å². The van der Waals surface area contributed by atoms with E-state index in [1.54, 1.807) is 0 Å². The molecular weight excluding hydrogens is 284 g/mol. The van der Waals surface area contributed by atoms with Gasteiger partial charge in [0.05, 0.1) is 6.04 Å². The topological polar surface area (TPSA) is 32.3 Å². The van der Waals surface area contributed by atoms with Gasteiger partial charge in [0.25, 0.3) is 0 Å². The summed E-state index contributed by atoms with van der Waals surface area (Å²) in [5.41, 5.74) is 2.96. The lowest BCUT2D eigenvalue weighted by atomic mass is 9.90. The number of nitrogens with zero attached hydrogens (tertiary/aromatic N) is 1. The summed E-state index contributed by atoms with van der Waals surface area (Å²) in [4.78, 5) is 15.4. The molecule has 2 heterocycles. The van der Waals surface area contributed by atoms with E-state index in [1.165, 1.54) is 30.4 Å². The van der Waals surface area contributed by atoms with Crippen molar-refractivity contribution < 1.29 is 4.79 Å². The Morgan fingerprint density at radius 1 is 1.17 bits per heavy atom. The van der Waals surface area contributed by atoms with E-state index >= 15 is 0 Å². The van der Waals surface area contributed by atoms with Gasteiger partial charge in [0.1, 0.15) is 0 Å². The number of likely N-dealkylation sites (tertiary alicyclic amines) is 1. The van der Waals surface area contributed by atoms with Crippen molar-refractivity contribution in [3.63, 3.8) is 0 Å². The highest BCUT2D eigenvalue weighted by Crippen LogP contribution is 2.59. The van der Waals surface area contributed by atoms with Gasteiger partial charge in [-0.05, 0) is 69.5 Å². The van der Waals surface area contributed by atoms with Crippen molar-refractivity contribution in [2.45, 2.75) is 51.5 Å². The summed E-state index contributed by atoms with van der Waals surface area (Å²) < 4.78 is 0. The lowest BCUT2D eigenvalue weighted by molar-refractivity contribution is -0.137. The third-order valence-electron chi connectivity index (χ3n) is 6.34. The second-order valence-corrected chi connectivity index (χ2v) is 7.82. The molecule has 2 unspecified atom stereocenters. The van der Waals surface area contributed by atoms with E-state index < -0.39 is 0 Å². The molecule has 3 fully saturated rings. The first-order chi connectivity index (χ1) is 11.2. The maximum Gasteiger partial charge on any atom is 0.226 e. The molecule has 1 spiro atoms. The number of piperidine rings is 2. The van der Waals surface area contributed by atoms with Crippen molar-refractivity contribution >= 4 is 5.91 Å². The molecule has 1 saturated carbocycles. The van der Waals surface area contributed by atoms with Gasteiger partial charge in [-0.1, -0.05) is 29.8 Å². The number of carbonyl (C=O) groups excluding carboxylic acids is 1. The zero-order valence-electron chi connectivity index (χ0n) is 14.2. The molecule has 1 aromatic rings. The SMILES string of the molecule is Cc1ccc(C2CCCCN2C(=O)C2CC23CCNCC3)cc1. The summed E-state index contributed by atoms with van der Waals surface area (Å²) in [5.74, 6) is 0.743. The summed E-state index contributed by atoms with van der Waals surface area (Å²) >= 11 is 0. The van der Waals surface area contributed by atoms with Crippen LogP contribution in [0.25, 0.3) is 0 Å². The molecule has 124 valence electrons. The molecule has 2 aliphatic heterocycles. The highest BCUT2D eigenvalue weighted by atomic mass is 16.2. The van der Waals surface area contributed by atoms with Crippen molar-refractivity contribution in [2.75, 3.05) is 19.6 Å². The molecule has 1 N–H and O–H groups in total. The zero-order valence-corrected chi connectivity index (χ0v) is 14.2. The molecule has 1 aliphatic carbocycles. The second-order valence-electron chi connectivity index (χ2n) is 7.82. The molecule has 3 aliphatic rings. The molecule has 1 aromatic carbocycles. The number of amides is 1. The molecule has 3 nitrogen and oxygen atoms in total. The summed E-state index contributed by atoms with van der Waals surface area (Å²) in [7, 11) is 0. The van der Waals surface area contributed by atoms with Crippen molar-refractivity contribution in [1.82, 2.24) is 10.2 Å². The van der Waals surface area contributed by atoms with Crippen LogP contribution in [0.4, 0.5) is 0 Å². The average molecular weight is 312 g/mol. The van der Waals surface area contributed by atoms with E-state index in [1.807, 2.05) is 0 Å². The fraction of sp³-hybridized carbons (Fsp3) is 0.650. The minimum absolute atomic E-state index is 0.302. The summed E-state index contributed by atoms with van der Waals surface area (Å²) in [5, 5.41) is 3.43. The molecule has 1 amide bonds. The van der Waals surface area contributed by atoms with E-state index in [-0.39, 0.29) is 0 Å². The van der Waals surface area contributed by atoms with E-state index in [4.69, 9.17) is 0 Å². The van der Waals surface area contributed by atoms with Gasteiger partial charge in [0.2, 0.25) is 5.91 Å². The number of benzene rings is 1. The van der Waals surface area contributed by atoms with Gasteiger partial charge in [-0.15, -0.1) is 0 Å². The highest BCUT2D eigenvalue weighted by molar-refractivity contribution is 5.83. The molecular formula is C20H28N2O. The number of hydrogen-bond donors (Lipinski definition) is 1. The predicted molar refractivity (Wildman–Crippen MR) is 92.1 cm³/mol. The first kappa shape index (κ1) is 15.2. The zero-order chi connectivity index (χ0) is 15.9. The van der Waals surface area contributed by atoms with Crippen LogP contribution in [0, 0.1) is 18.3 Å². The molecule has 4 rings (SSSR count). The number of rotatable bonds is 2. The highest BCUT2D eigenvalue weighted by Gasteiger charge is 2.59. The summed E-state index contributed by atoms with van der Waals surface area (Å²) in [6, 6.07) is 9.10. The van der Waals surface area contributed by atoms with E-state index in [0.717, 1.165) is 38.9 Å². The third kappa shape index (κ3) is 2.80. The lowest BCUT2D eigenvalue weighted by Crippen LogP contribution is -2.41. The first-order valence-electron chi connectivity index (χ1n) is 9.27. The molecule has 0 aromatic heterocycles.